The molecule has 0 atom stereocenters. The summed E-state index contributed by atoms with van der Waals surface area (Å²) in [6.07, 6.45) is 3.44. The lowest BCUT2D eigenvalue weighted by molar-refractivity contribution is -0.144. The predicted molar refractivity (Wildman–Crippen MR) is 103 cm³/mol. The number of aryl methyl sites for hydroxylation is 1. The second-order valence-corrected chi connectivity index (χ2v) is 6.43. The molecular weight excluding hydrogens is 358 g/mol. The van der Waals surface area contributed by atoms with E-state index >= 15 is 0 Å². The third-order valence-electron chi connectivity index (χ3n) is 4.55. The first-order valence-corrected chi connectivity index (χ1v) is 8.93. The van der Waals surface area contributed by atoms with Crippen molar-refractivity contribution in [3.05, 3.63) is 76.9 Å². The molecule has 0 fully saturated rings. The van der Waals surface area contributed by atoms with Crippen molar-refractivity contribution in [1.82, 2.24) is 5.32 Å². The zero-order valence-electron chi connectivity index (χ0n) is 15.6. The maximum atomic E-state index is 12.3. The highest BCUT2D eigenvalue weighted by Gasteiger charge is 2.29. The summed E-state index contributed by atoms with van der Waals surface area (Å²) in [5, 5.41) is 2.24. The molecule has 2 amide bonds. The SMILES string of the molecule is C=CCCc1ccc(COC(=O)Cc2cccc3c2C(=O)NC3=O)cc1OC. The Morgan fingerprint density at radius 1 is 1.14 bits per heavy atom. The van der Waals surface area contributed by atoms with Gasteiger partial charge in [-0.15, -0.1) is 6.58 Å². The minimum atomic E-state index is -0.483. The number of fused-ring (bicyclic) bond motifs is 1. The van der Waals surface area contributed by atoms with E-state index in [1.165, 1.54) is 0 Å². The molecule has 2 aromatic rings. The fourth-order valence-corrected chi connectivity index (χ4v) is 3.15. The van der Waals surface area contributed by atoms with Crippen molar-refractivity contribution in [3.8, 4) is 5.75 Å². The number of hydrogen-bond donors (Lipinski definition) is 1. The Kier molecular flexibility index (Phi) is 5.89. The van der Waals surface area contributed by atoms with Gasteiger partial charge in [0, 0.05) is 0 Å². The van der Waals surface area contributed by atoms with Crippen molar-refractivity contribution in [3.63, 3.8) is 0 Å². The van der Waals surface area contributed by atoms with Crippen LogP contribution in [-0.2, 0) is 29.0 Å². The molecule has 1 aliphatic rings. The highest BCUT2D eigenvalue weighted by atomic mass is 16.5. The van der Waals surface area contributed by atoms with Gasteiger partial charge in [0.05, 0.1) is 24.7 Å². The number of carbonyl (C=O) groups is 3. The Morgan fingerprint density at radius 2 is 1.96 bits per heavy atom. The van der Waals surface area contributed by atoms with Gasteiger partial charge in [-0.1, -0.05) is 30.3 Å². The van der Waals surface area contributed by atoms with Gasteiger partial charge in [0.15, 0.2) is 0 Å². The van der Waals surface area contributed by atoms with Gasteiger partial charge in [0.1, 0.15) is 12.4 Å². The number of imide groups is 1. The van der Waals surface area contributed by atoms with Crippen LogP contribution in [0.5, 0.6) is 5.75 Å². The van der Waals surface area contributed by atoms with E-state index in [1.807, 2.05) is 24.3 Å². The van der Waals surface area contributed by atoms with E-state index in [1.54, 1.807) is 25.3 Å². The molecule has 0 radical (unpaired) electrons. The number of nitrogens with one attached hydrogen (secondary N) is 1. The minimum absolute atomic E-state index is 0.0849. The molecule has 0 spiro atoms. The standard InChI is InChI=1S/C22H21NO5/c1-3-4-6-15-10-9-14(11-18(15)27-2)13-28-19(24)12-16-7-5-8-17-20(16)22(26)23-21(17)25/h3,5,7-11H,1,4,6,12-13H2,2H3,(H,23,25,26). The van der Waals surface area contributed by atoms with Gasteiger partial charge in [0.2, 0.25) is 0 Å². The summed E-state index contributed by atoms with van der Waals surface area (Å²) in [6, 6.07) is 10.5. The summed E-state index contributed by atoms with van der Waals surface area (Å²) < 4.78 is 10.8. The second kappa shape index (κ2) is 8.52. The van der Waals surface area contributed by atoms with E-state index in [9.17, 15) is 14.4 Å². The van der Waals surface area contributed by atoms with Crippen LogP contribution in [0.15, 0.2) is 49.1 Å². The molecule has 144 valence electrons. The molecule has 0 aromatic heterocycles. The first-order chi connectivity index (χ1) is 13.5. The van der Waals surface area contributed by atoms with Gasteiger partial charge < -0.3 is 9.47 Å². The first-order valence-electron chi connectivity index (χ1n) is 8.93. The van der Waals surface area contributed by atoms with E-state index in [4.69, 9.17) is 9.47 Å². The van der Waals surface area contributed by atoms with Crippen LogP contribution in [0.4, 0.5) is 0 Å². The van der Waals surface area contributed by atoms with Crippen LogP contribution >= 0.6 is 0 Å². The number of carbonyl (C=O) groups excluding carboxylic acids is 3. The monoisotopic (exact) mass is 379 g/mol. The molecule has 1 heterocycles. The van der Waals surface area contributed by atoms with Crippen LogP contribution in [0.2, 0.25) is 0 Å². The average Bonchev–Trinajstić information content (AvgIpc) is 2.99. The van der Waals surface area contributed by atoms with Crippen molar-refractivity contribution in [2.75, 3.05) is 7.11 Å². The van der Waals surface area contributed by atoms with E-state index in [2.05, 4.69) is 11.9 Å². The van der Waals surface area contributed by atoms with Gasteiger partial charge in [-0.3, -0.25) is 19.7 Å². The normalized spacial score (nSPS) is 12.3. The molecule has 1 N–H and O–H groups in total. The van der Waals surface area contributed by atoms with Crippen molar-refractivity contribution >= 4 is 17.8 Å². The number of allylic oxidation sites excluding steroid dienone is 1. The predicted octanol–water partition coefficient (Wildman–Crippen LogP) is 2.98. The van der Waals surface area contributed by atoms with Gasteiger partial charge in [-0.05, 0) is 41.7 Å². The van der Waals surface area contributed by atoms with Crippen LogP contribution < -0.4 is 10.1 Å². The van der Waals surface area contributed by atoms with Gasteiger partial charge in [-0.2, -0.15) is 0 Å². The summed E-state index contributed by atoms with van der Waals surface area (Å²) in [5.74, 6) is -0.663. The van der Waals surface area contributed by atoms with E-state index < -0.39 is 17.8 Å². The number of amides is 2. The fourth-order valence-electron chi connectivity index (χ4n) is 3.15. The Hall–Kier alpha value is -3.41. The maximum absolute atomic E-state index is 12.3. The number of hydrogen-bond acceptors (Lipinski definition) is 5. The van der Waals surface area contributed by atoms with Crippen LogP contribution in [0.3, 0.4) is 0 Å². The van der Waals surface area contributed by atoms with E-state index in [0.29, 0.717) is 5.56 Å². The molecule has 0 saturated heterocycles. The van der Waals surface area contributed by atoms with Crippen molar-refractivity contribution in [1.29, 1.82) is 0 Å². The number of benzene rings is 2. The molecule has 0 unspecified atom stereocenters. The van der Waals surface area contributed by atoms with E-state index in [0.717, 1.165) is 29.7 Å². The average molecular weight is 379 g/mol. The third kappa shape index (κ3) is 4.11. The molecule has 0 saturated carbocycles. The van der Waals surface area contributed by atoms with Crippen LogP contribution in [0.1, 0.15) is 43.8 Å². The summed E-state index contributed by atoms with van der Waals surface area (Å²) >= 11 is 0. The molecule has 6 nitrogen and oxygen atoms in total. The van der Waals surface area contributed by atoms with Crippen molar-refractivity contribution in [2.45, 2.75) is 25.9 Å². The fraction of sp³-hybridized carbons (Fsp3) is 0.227. The summed E-state index contributed by atoms with van der Waals surface area (Å²) in [5.41, 5.74) is 2.88. The number of esters is 1. The van der Waals surface area contributed by atoms with E-state index in [-0.39, 0.29) is 24.2 Å². The van der Waals surface area contributed by atoms with Crippen LogP contribution in [0, 0.1) is 0 Å². The highest BCUT2D eigenvalue weighted by Crippen LogP contribution is 2.23. The molecule has 28 heavy (non-hydrogen) atoms. The molecule has 3 rings (SSSR count). The van der Waals surface area contributed by atoms with Crippen molar-refractivity contribution in [2.24, 2.45) is 0 Å². The molecule has 0 aliphatic carbocycles. The lowest BCUT2D eigenvalue weighted by atomic mass is 10.0. The third-order valence-corrected chi connectivity index (χ3v) is 4.55. The Bertz CT molecular complexity index is 948. The minimum Gasteiger partial charge on any atom is -0.496 e. The Labute approximate surface area is 163 Å². The molecule has 0 bridgehead atoms. The summed E-state index contributed by atoms with van der Waals surface area (Å²) in [7, 11) is 1.60. The van der Waals surface area contributed by atoms with Gasteiger partial charge in [0.25, 0.3) is 11.8 Å². The maximum Gasteiger partial charge on any atom is 0.310 e. The van der Waals surface area contributed by atoms with Crippen molar-refractivity contribution < 1.29 is 23.9 Å². The highest BCUT2D eigenvalue weighted by molar-refractivity contribution is 6.22. The summed E-state index contributed by atoms with van der Waals surface area (Å²) in [6.45, 7) is 3.81. The second-order valence-electron chi connectivity index (χ2n) is 6.43. The van der Waals surface area contributed by atoms with Gasteiger partial charge >= 0.3 is 5.97 Å². The van der Waals surface area contributed by atoms with Crippen LogP contribution in [0.25, 0.3) is 0 Å². The largest absolute Gasteiger partial charge is 0.496 e. The van der Waals surface area contributed by atoms with Crippen LogP contribution in [-0.4, -0.2) is 24.9 Å². The quantitative estimate of drug-likeness (QED) is 0.433. The lowest BCUT2D eigenvalue weighted by Gasteiger charge is -2.11. The molecular formula is C22H21NO5. The topological polar surface area (TPSA) is 81.7 Å². The number of ether oxygens (including phenoxy) is 2. The molecule has 6 heteroatoms. The summed E-state index contributed by atoms with van der Waals surface area (Å²) in [4.78, 5) is 35.9. The zero-order valence-corrected chi connectivity index (χ0v) is 15.6. The molecule has 2 aromatic carbocycles. The van der Waals surface area contributed by atoms with Gasteiger partial charge in [-0.25, -0.2) is 0 Å². The smallest absolute Gasteiger partial charge is 0.310 e. The first kappa shape index (κ1) is 19.4. The lowest BCUT2D eigenvalue weighted by Crippen LogP contribution is -2.20. The Morgan fingerprint density at radius 3 is 2.71 bits per heavy atom. The number of methoxy groups -OCH3 is 1. The Balaban J connectivity index is 1.65. The number of rotatable bonds is 8. The molecule has 1 aliphatic heterocycles. The zero-order chi connectivity index (χ0) is 20.1.